The Bertz CT molecular complexity index is 578. The Morgan fingerprint density at radius 1 is 1.16 bits per heavy atom. The van der Waals surface area contributed by atoms with E-state index in [0.29, 0.717) is 11.8 Å². The summed E-state index contributed by atoms with van der Waals surface area (Å²) >= 11 is 3.52. The molecular weight excluding hydrogens is 300 g/mol. The van der Waals surface area contributed by atoms with E-state index >= 15 is 0 Å². The molecule has 3 heteroatoms. The minimum atomic E-state index is 0.415. The highest BCUT2D eigenvalue weighted by atomic mass is 79.9. The Hall–Kier alpha value is -0.960. The van der Waals surface area contributed by atoms with Crippen LogP contribution >= 0.6 is 15.9 Å². The lowest BCUT2D eigenvalue weighted by molar-refractivity contribution is 0.507. The van der Waals surface area contributed by atoms with Gasteiger partial charge in [-0.2, -0.15) is 0 Å². The largest absolute Gasteiger partial charge is 0.237 e. The van der Waals surface area contributed by atoms with E-state index in [1.54, 1.807) is 0 Å². The number of nitrogens with zero attached hydrogens (tertiary/aromatic N) is 2. The molecule has 0 N–H and O–H groups in total. The lowest BCUT2D eigenvalue weighted by Crippen LogP contribution is -2.07. The average Bonchev–Trinajstić information content (AvgIpc) is 2.36. The number of halogens is 1. The van der Waals surface area contributed by atoms with Gasteiger partial charge in [-0.3, -0.25) is 0 Å². The van der Waals surface area contributed by atoms with Gasteiger partial charge in [0, 0.05) is 15.8 Å². The summed E-state index contributed by atoms with van der Waals surface area (Å²) in [5, 5.41) is 1.16. The molecule has 0 fully saturated rings. The van der Waals surface area contributed by atoms with Gasteiger partial charge in [0.1, 0.15) is 5.82 Å². The van der Waals surface area contributed by atoms with Gasteiger partial charge >= 0.3 is 0 Å². The van der Waals surface area contributed by atoms with Gasteiger partial charge in [-0.15, -0.1) is 0 Å². The lowest BCUT2D eigenvalue weighted by Gasteiger charge is -2.15. The van der Waals surface area contributed by atoms with Crippen LogP contribution in [0, 0.1) is 5.92 Å². The second-order valence-corrected chi connectivity index (χ2v) is 6.49. The Balaban J connectivity index is 2.50. The van der Waals surface area contributed by atoms with E-state index in [2.05, 4.69) is 55.8 Å². The summed E-state index contributed by atoms with van der Waals surface area (Å²) in [7, 11) is 0. The number of rotatable bonds is 4. The van der Waals surface area contributed by atoms with Crippen molar-refractivity contribution < 1.29 is 0 Å². The van der Waals surface area contributed by atoms with E-state index in [4.69, 9.17) is 9.97 Å². The van der Waals surface area contributed by atoms with Crippen LogP contribution in [0.1, 0.15) is 51.6 Å². The highest BCUT2D eigenvalue weighted by molar-refractivity contribution is 9.10. The number of hydrogen-bond donors (Lipinski definition) is 0. The summed E-state index contributed by atoms with van der Waals surface area (Å²) in [5.74, 6) is 2.07. The maximum Gasteiger partial charge on any atom is 0.132 e. The fourth-order valence-corrected chi connectivity index (χ4v) is 2.85. The van der Waals surface area contributed by atoms with Crippen molar-refractivity contribution in [3.05, 3.63) is 34.2 Å². The van der Waals surface area contributed by atoms with Gasteiger partial charge in [-0.25, -0.2) is 9.97 Å². The van der Waals surface area contributed by atoms with Crippen LogP contribution in [-0.2, 0) is 6.42 Å². The van der Waals surface area contributed by atoms with Gasteiger partial charge in [0.15, 0.2) is 0 Å². The van der Waals surface area contributed by atoms with Crippen molar-refractivity contribution >= 4 is 26.8 Å². The van der Waals surface area contributed by atoms with Crippen LogP contribution in [0.4, 0.5) is 0 Å². The van der Waals surface area contributed by atoms with Crippen LogP contribution in [0.25, 0.3) is 10.9 Å². The molecule has 2 aromatic rings. The Morgan fingerprint density at radius 2 is 1.89 bits per heavy atom. The standard InChI is InChI=1S/C16H21BrN2/c1-5-14-13-9-12(17)6-7-15(13)19-16(18-14)11(4)8-10(2)3/h6-7,9-11H,5,8H2,1-4H3. The van der Waals surface area contributed by atoms with Crippen LogP contribution in [0.15, 0.2) is 22.7 Å². The molecular formula is C16H21BrN2. The van der Waals surface area contributed by atoms with E-state index in [9.17, 15) is 0 Å². The SMILES string of the molecule is CCc1nc(C(C)CC(C)C)nc2ccc(Br)cc12. The molecule has 2 nitrogen and oxygen atoms in total. The van der Waals surface area contributed by atoms with Gasteiger partial charge in [0.2, 0.25) is 0 Å². The molecule has 0 amide bonds. The molecule has 1 atom stereocenters. The van der Waals surface area contributed by atoms with Crippen molar-refractivity contribution in [1.82, 2.24) is 9.97 Å². The maximum absolute atomic E-state index is 4.78. The highest BCUT2D eigenvalue weighted by Crippen LogP contribution is 2.26. The first-order valence-corrected chi connectivity index (χ1v) is 7.76. The molecule has 0 spiro atoms. The monoisotopic (exact) mass is 320 g/mol. The quantitative estimate of drug-likeness (QED) is 0.782. The van der Waals surface area contributed by atoms with Crippen molar-refractivity contribution in [2.24, 2.45) is 5.92 Å². The molecule has 1 aromatic carbocycles. The number of benzene rings is 1. The normalized spacial score (nSPS) is 13.2. The lowest BCUT2D eigenvalue weighted by atomic mass is 9.98. The molecule has 1 aromatic heterocycles. The van der Waals surface area contributed by atoms with Gasteiger partial charge in [0.05, 0.1) is 11.2 Å². The molecule has 0 saturated heterocycles. The minimum Gasteiger partial charge on any atom is -0.237 e. The summed E-state index contributed by atoms with van der Waals surface area (Å²) in [6.07, 6.45) is 2.07. The van der Waals surface area contributed by atoms with Crippen LogP contribution in [0.5, 0.6) is 0 Å². The predicted molar refractivity (Wildman–Crippen MR) is 84.5 cm³/mol. The maximum atomic E-state index is 4.78. The van der Waals surface area contributed by atoms with Crippen molar-refractivity contribution in [1.29, 1.82) is 0 Å². The molecule has 19 heavy (non-hydrogen) atoms. The second kappa shape index (κ2) is 6.00. The summed E-state index contributed by atoms with van der Waals surface area (Å²) in [6, 6.07) is 6.24. The average molecular weight is 321 g/mol. The van der Waals surface area contributed by atoms with E-state index in [0.717, 1.165) is 39.7 Å². The molecule has 0 saturated carbocycles. The Kier molecular flexibility index (Phi) is 4.56. The number of aromatic nitrogens is 2. The molecule has 0 aliphatic heterocycles. The summed E-state index contributed by atoms with van der Waals surface area (Å²) in [6.45, 7) is 8.86. The smallest absolute Gasteiger partial charge is 0.132 e. The van der Waals surface area contributed by atoms with E-state index in [-0.39, 0.29) is 0 Å². The third-order valence-corrected chi connectivity index (χ3v) is 3.85. The van der Waals surface area contributed by atoms with Gasteiger partial charge in [0.25, 0.3) is 0 Å². The zero-order chi connectivity index (χ0) is 14.0. The van der Waals surface area contributed by atoms with E-state index in [1.807, 2.05) is 6.07 Å². The van der Waals surface area contributed by atoms with Crippen LogP contribution in [0.3, 0.4) is 0 Å². The summed E-state index contributed by atoms with van der Waals surface area (Å²) in [5.41, 5.74) is 2.21. The zero-order valence-electron chi connectivity index (χ0n) is 12.1. The molecule has 102 valence electrons. The predicted octanol–water partition coefficient (Wildman–Crippen LogP) is 5.10. The van der Waals surface area contributed by atoms with Crippen LogP contribution in [-0.4, -0.2) is 9.97 Å². The van der Waals surface area contributed by atoms with Gasteiger partial charge < -0.3 is 0 Å². The second-order valence-electron chi connectivity index (χ2n) is 5.57. The molecule has 0 radical (unpaired) electrons. The minimum absolute atomic E-state index is 0.415. The number of hydrogen-bond acceptors (Lipinski definition) is 2. The first-order chi connectivity index (χ1) is 9.01. The van der Waals surface area contributed by atoms with Crippen LogP contribution in [0.2, 0.25) is 0 Å². The van der Waals surface area contributed by atoms with Crippen LogP contribution < -0.4 is 0 Å². The summed E-state index contributed by atoms with van der Waals surface area (Å²) < 4.78 is 1.08. The first kappa shape index (κ1) is 14.4. The zero-order valence-corrected chi connectivity index (χ0v) is 13.7. The number of aryl methyl sites for hydroxylation is 1. The fraction of sp³-hybridized carbons (Fsp3) is 0.500. The van der Waals surface area contributed by atoms with E-state index in [1.165, 1.54) is 0 Å². The molecule has 2 rings (SSSR count). The Labute approximate surface area is 123 Å². The van der Waals surface area contributed by atoms with Crippen molar-refractivity contribution in [2.75, 3.05) is 0 Å². The molecule has 0 aliphatic rings. The van der Waals surface area contributed by atoms with Crippen molar-refractivity contribution in [3.8, 4) is 0 Å². The first-order valence-electron chi connectivity index (χ1n) is 6.97. The Morgan fingerprint density at radius 3 is 2.53 bits per heavy atom. The topological polar surface area (TPSA) is 25.8 Å². The fourth-order valence-electron chi connectivity index (χ4n) is 2.49. The highest BCUT2D eigenvalue weighted by Gasteiger charge is 2.14. The summed E-state index contributed by atoms with van der Waals surface area (Å²) in [4.78, 5) is 9.53. The third-order valence-electron chi connectivity index (χ3n) is 3.35. The van der Waals surface area contributed by atoms with E-state index < -0.39 is 0 Å². The van der Waals surface area contributed by atoms with Crippen molar-refractivity contribution in [2.45, 2.75) is 46.5 Å². The molecule has 1 unspecified atom stereocenters. The third kappa shape index (κ3) is 3.33. The van der Waals surface area contributed by atoms with Gasteiger partial charge in [-0.05, 0) is 37.0 Å². The molecule has 0 aliphatic carbocycles. The van der Waals surface area contributed by atoms with Gasteiger partial charge in [-0.1, -0.05) is 43.6 Å². The molecule has 0 bridgehead atoms. The van der Waals surface area contributed by atoms with Crippen molar-refractivity contribution in [3.63, 3.8) is 0 Å². The number of fused-ring (bicyclic) bond motifs is 1. The molecule has 1 heterocycles.